The fourth-order valence-corrected chi connectivity index (χ4v) is 2.24. The third-order valence-corrected chi connectivity index (χ3v) is 2.99. The second kappa shape index (κ2) is 4.42. The van der Waals surface area contributed by atoms with Crippen molar-refractivity contribution in [1.29, 1.82) is 0 Å². The molecule has 0 spiro atoms. The fourth-order valence-electron chi connectivity index (χ4n) is 1.69. The molecule has 17 heavy (non-hydrogen) atoms. The van der Waals surface area contributed by atoms with E-state index in [0.717, 1.165) is 0 Å². The Kier molecular flexibility index (Phi) is 3.27. The summed E-state index contributed by atoms with van der Waals surface area (Å²) in [6.45, 7) is 0. The molecule has 1 heterocycles. The van der Waals surface area contributed by atoms with Crippen LogP contribution in [-0.4, -0.2) is 11.2 Å². The Labute approximate surface area is 106 Å². The zero-order valence-corrected chi connectivity index (χ0v) is 10.0. The smallest absolute Gasteiger partial charge is 0.360 e. The molecule has 0 amide bonds. The van der Waals surface area contributed by atoms with E-state index in [9.17, 15) is 13.2 Å². The van der Waals surface area contributed by atoms with Gasteiger partial charge in [0.15, 0.2) is 0 Å². The third-order valence-electron chi connectivity index (χ3n) is 2.47. The second-order valence-electron chi connectivity index (χ2n) is 3.74. The molecule has 0 saturated carbocycles. The summed E-state index contributed by atoms with van der Waals surface area (Å²) in [6, 6.07) is 3.17. The molecular weight excluding hydrogens is 274 g/mol. The lowest BCUT2D eigenvalue weighted by Gasteiger charge is -2.05. The number of fused-ring (bicyclic) bond motifs is 1. The molecule has 6 heteroatoms. The number of rotatable bonds is 2. The van der Waals surface area contributed by atoms with Crippen LogP contribution in [0.5, 0.6) is 0 Å². The van der Waals surface area contributed by atoms with E-state index in [1.54, 1.807) is 18.3 Å². The van der Waals surface area contributed by atoms with Crippen molar-refractivity contribution >= 4 is 34.1 Å². The van der Waals surface area contributed by atoms with E-state index in [4.69, 9.17) is 23.2 Å². The van der Waals surface area contributed by atoms with E-state index in [1.165, 1.54) is 0 Å². The molecular formula is C11H8Cl2F3N. The SMILES string of the molecule is FC(F)(F)CCc1c[nH]c2c(Cl)cc(Cl)cc12. The largest absolute Gasteiger partial charge is 0.389 e. The minimum absolute atomic E-state index is 0.0832. The van der Waals surface area contributed by atoms with Gasteiger partial charge < -0.3 is 4.98 Å². The number of aryl methyl sites for hydroxylation is 1. The number of H-pyrrole nitrogens is 1. The van der Waals surface area contributed by atoms with Crippen LogP contribution in [0.1, 0.15) is 12.0 Å². The van der Waals surface area contributed by atoms with Gasteiger partial charge in [-0.25, -0.2) is 0 Å². The third kappa shape index (κ3) is 2.87. The summed E-state index contributed by atoms with van der Waals surface area (Å²) in [5, 5.41) is 1.47. The van der Waals surface area contributed by atoms with Crippen molar-refractivity contribution in [3.05, 3.63) is 33.9 Å². The second-order valence-corrected chi connectivity index (χ2v) is 4.58. The van der Waals surface area contributed by atoms with E-state index in [1.807, 2.05) is 0 Å². The van der Waals surface area contributed by atoms with Crippen molar-refractivity contribution in [1.82, 2.24) is 4.98 Å². The number of hydrogen-bond donors (Lipinski definition) is 1. The van der Waals surface area contributed by atoms with Crippen molar-refractivity contribution in [3.63, 3.8) is 0 Å². The molecule has 2 rings (SSSR count). The molecule has 0 bridgehead atoms. The number of alkyl halides is 3. The first-order valence-electron chi connectivity index (χ1n) is 4.88. The molecule has 0 unspecified atom stereocenters. The van der Waals surface area contributed by atoms with Gasteiger partial charge in [0, 0.05) is 23.0 Å². The van der Waals surface area contributed by atoms with E-state index in [2.05, 4.69) is 4.98 Å². The normalized spacial score (nSPS) is 12.3. The first-order valence-corrected chi connectivity index (χ1v) is 5.64. The average molecular weight is 282 g/mol. The van der Waals surface area contributed by atoms with Crippen molar-refractivity contribution in [2.24, 2.45) is 0 Å². The van der Waals surface area contributed by atoms with E-state index in [-0.39, 0.29) is 6.42 Å². The summed E-state index contributed by atoms with van der Waals surface area (Å²) in [6.07, 6.45) is -3.56. The Morgan fingerprint density at radius 2 is 1.88 bits per heavy atom. The number of hydrogen-bond acceptors (Lipinski definition) is 0. The standard InChI is InChI=1S/C11H8Cl2F3N/c12-7-3-8-6(1-2-11(14,15)16)5-17-10(8)9(13)4-7/h3-5,17H,1-2H2. The van der Waals surface area contributed by atoms with Crippen molar-refractivity contribution in [3.8, 4) is 0 Å². The van der Waals surface area contributed by atoms with E-state index in [0.29, 0.717) is 26.5 Å². The van der Waals surface area contributed by atoms with Crippen LogP contribution < -0.4 is 0 Å². The molecule has 1 N–H and O–H groups in total. The lowest BCUT2D eigenvalue weighted by atomic mass is 10.1. The van der Waals surface area contributed by atoms with Gasteiger partial charge in [0.1, 0.15) is 0 Å². The summed E-state index contributed by atoms with van der Waals surface area (Å²) < 4.78 is 36.4. The zero-order valence-electron chi connectivity index (χ0n) is 8.54. The van der Waals surface area contributed by atoms with Crippen LogP contribution in [0.4, 0.5) is 13.2 Å². The van der Waals surface area contributed by atoms with Crippen LogP contribution in [0.25, 0.3) is 10.9 Å². The van der Waals surface area contributed by atoms with Gasteiger partial charge in [0.2, 0.25) is 0 Å². The molecule has 92 valence electrons. The minimum atomic E-state index is -4.16. The molecule has 0 fully saturated rings. The molecule has 0 atom stereocenters. The van der Waals surface area contributed by atoms with Gasteiger partial charge in [-0.2, -0.15) is 13.2 Å². The van der Waals surface area contributed by atoms with Gasteiger partial charge in [0.05, 0.1) is 10.5 Å². The number of aromatic amines is 1. The van der Waals surface area contributed by atoms with Gasteiger partial charge in [-0.3, -0.25) is 0 Å². The van der Waals surface area contributed by atoms with Crippen LogP contribution in [-0.2, 0) is 6.42 Å². The highest BCUT2D eigenvalue weighted by molar-refractivity contribution is 6.38. The van der Waals surface area contributed by atoms with Gasteiger partial charge in [-0.05, 0) is 24.1 Å². The predicted molar refractivity (Wildman–Crippen MR) is 62.7 cm³/mol. The Hall–Kier alpha value is -0.870. The van der Waals surface area contributed by atoms with E-state index >= 15 is 0 Å². The summed E-state index contributed by atoms with van der Waals surface area (Å²) in [5.74, 6) is 0. The Balaban J connectivity index is 2.36. The lowest BCUT2D eigenvalue weighted by Crippen LogP contribution is -2.08. The summed E-state index contributed by atoms with van der Waals surface area (Å²) in [5.41, 5.74) is 1.19. The van der Waals surface area contributed by atoms with Crippen molar-refractivity contribution in [2.45, 2.75) is 19.0 Å². The Morgan fingerprint density at radius 3 is 2.53 bits per heavy atom. The maximum atomic E-state index is 12.1. The molecule has 0 aliphatic carbocycles. The summed E-state index contributed by atoms with van der Waals surface area (Å²) >= 11 is 11.8. The number of halogens is 5. The molecule has 0 radical (unpaired) electrons. The molecule has 1 aromatic heterocycles. The van der Waals surface area contributed by atoms with Gasteiger partial charge in [0.25, 0.3) is 0 Å². The summed E-state index contributed by atoms with van der Waals surface area (Å²) in [7, 11) is 0. The highest BCUT2D eigenvalue weighted by Gasteiger charge is 2.27. The van der Waals surface area contributed by atoms with Gasteiger partial charge in [-0.15, -0.1) is 0 Å². The lowest BCUT2D eigenvalue weighted by molar-refractivity contribution is -0.133. The van der Waals surface area contributed by atoms with Crippen LogP contribution in [0.15, 0.2) is 18.3 Å². The van der Waals surface area contributed by atoms with Crippen molar-refractivity contribution < 1.29 is 13.2 Å². The van der Waals surface area contributed by atoms with Crippen LogP contribution in [0.2, 0.25) is 10.0 Å². The first-order chi connectivity index (χ1) is 7.87. The molecule has 0 saturated heterocycles. The number of nitrogens with one attached hydrogen (secondary N) is 1. The molecule has 1 nitrogen and oxygen atoms in total. The molecule has 2 aromatic rings. The highest BCUT2D eigenvalue weighted by atomic mass is 35.5. The zero-order chi connectivity index (χ0) is 12.6. The van der Waals surface area contributed by atoms with Gasteiger partial charge >= 0.3 is 6.18 Å². The predicted octanol–water partition coefficient (Wildman–Crippen LogP) is 4.97. The van der Waals surface area contributed by atoms with Crippen LogP contribution in [0.3, 0.4) is 0 Å². The summed E-state index contributed by atoms with van der Waals surface area (Å²) in [4.78, 5) is 2.86. The molecule has 0 aliphatic rings. The molecule has 0 aliphatic heterocycles. The monoisotopic (exact) mass is 281 g/mol. The maximum absolute atomic E-state index is 12.1. The first kappa shape index (κ1) is 12.6. The maximum Gasteiger partial charge on any atom is 0.389 e. The number of aromatic nitrogens is 1. The van der Waals surface area contributed by atoms with Gasteiger partial charge in [-0.1, -0.05) is 23.2 Å². The Bertz CT molecular complexity index is 545. The minimum Gasteiger partial charge on any atom is -0.360 e. The number of benzene rings is 1. The topological polar surface area (TPSA) is 15.8 Å². The Morgan fingerprint density at radius 1 is 1.18 bits per heavy atom. The highest BCUT2D eigenvalue weighted by Crippen LogP contribution is 2.31. The van der Waals surface area contributed by atoms with E-state index < -0.39 is 12.6 Å². The fraction of sp³-hybridized carbons (Fsp3) is 0.273. The molecule has 1 aromatic carbocycles. The van der Waals surface area contributed by atoms with Crippen LogP contribution >= 0.6 is 23.2 Å². The average Bonchev–Trinajstić information content (AvgIpc) is 2.57. The van der Waals surface area contributed by atoms with Crippen LogP contribution in [0, 0.1) is 0 Å². The van der Waals surface area contributed by atoms with Crippen molar-refractivity contribution in [2.75, 3.05) is 0 Å². The quantitative estimate of drug-likeness (QED) is 0.800.